The van der Waals surface area contributed by atoms with Crippen molar-refractivity contribution in [1.29, 1.82) is 0 Å². The summed E-state index contributed by atoms with van der Waals surface area (Å²) in [5, 5.41) is 19.9. The Morgan fingerprint density at radius 3 is 2.33 bits per heavy atom. The van der Waals surface area contributed by atoms with Crippen molar-refractivity contribution in [2.75, 3.05) is 6.54 Å². The van der Waals surface area contributed by atoms with Gasteiger partial charge in [-0.25, -0.2) is 5.06 Å². The molecule has 0 spiro atoms. The molecular weight excluding hydrogens is 302 g/mol. The van der Waals surface area contributed by atoms with Gasteiger partial charge in [0.25, 0.3) is 0 Å². The van der Waals surface area contributed by atoms with E-state index in [1.54, 1.807) is 6.92 Å². The Bertz CT molecular complexity index is 318. The van der Waals surface area contributed by atoms with E-state index in [-0.39, 0.29) is 12.0 Å². The summed E-state index contributed by atoms with van der Waals surface area (Å²) in [7, 11) is 0. The van der Waals surface area contributed by atoms with Gasteiger partial charge in [0.15, 0.2) is 0 Å². The lowest BCUT2D eigenvalue weighted by Gasteiger charge is -2.11. The maximum Gasteiger partial charge on any atom is 0.245 e. The van der Waals surface area contributed by atoms with Crippen molar-refractivity contribution in [3.63, 3.8) is 0 Å². The van der Waals surface area contributed by atoms with Crippen LogP contribution in [0.25, 0.3) is 0 Å². The fraction of sp³-hybridized carbons (Fsp3) is 0.850. The van der Waals surface area contributed by atoms with E-state index in [0.717, 1.165) is 56.4 Å². The number of aliphatic hydroxyl groups excluding tert-OH is 1. The molecule has 0 aromatic rings. The molecule has 0 aliphatic rings. The van der Waals surface area contributed by atoms with Crippen LogP contribution in [0.2, 0.25) is 0 Å². The molecule has 0 rings (SSSR count). The highest BCUT2D eigenvalue weighted by molar-refractivity contribution is 5.74. The monoisotopic (exact) mass is 341 g/mol. The van der Waals surface area contributed by atoms with E-state index in [1.807, 2.05) is 0 Å². The van der Waals surface area contributed by atoms with Gasteiger partial charge in [-0.15, -0.1) is 0 Å². The van der Waals surface area contributed by atoms with E-state index >= 15 is 0 Å². The number of carbonyl (C=O) groups excluding carboxylic acids is 1. The van der Waals surface area contributed by atoms with Crippen LogP contribution in [0, 0.1) is 0 Å². The number of allylic oxidation sites excluding steroid dienone is 1. The van der Waals surface area contributed by atoms with Gasteiger partial charge >= 0.3 is 0 Å². The maximum absolute atomic E-state index is 11.4. The van der Waals surface area contributed by atoms with Crippen LogP contribution in [0.15, 0.2) is 12.2 Å². The molecule has 0 aliphatic carbocycles. The quantitative estimate of drug-likeness (QED) is 0.175. The number of rotatable bonds is 16. The fourth-order valence-electron chi connectivity index (χ4n) is 2.67. The first-order chi connectivity index (χ1) is 11.6. The number of hydroxylamine groups is 2. The molecule has 0 saturated heterocycles. The predicted molar refractivity (Wildman–Crippen MR) is 100 cm³/mol. The highest BCUT2D eigenvalue weighted by Gasteiger charge is 2.07. The molecule has 0 aromatic heterocycles. The van der Waals surface area contributed by atoms with Crippen molar-refractivity contribution in [3.05, 3.63) is 12.2 Å². The highest BCUT2D eigenvalue weighted by Crippen LogP contribution is 2.10. The Labute approximate surface area is 148 Å². The van der Waals surface area contributed by atoms with E-state index < -0.39 is 0 Å². The second-order valence-electron chi connectivity index (χ2n) is 6.63. The van der Waals surface area contributed by atoms with Crippen molar-refractivity contribution in [2.45, 2.75) is 103 Å². The fourth-order valence-corrected chi connectivity index (χ4v) is 2.67. The summed E-state index contributed by atoms with van der Waals surface area (Å²) < 4.78 is 0. The lowest BCUT2D eigenvalue weighted by molar-refractivity contribution is -0.164. The summed E-state index contributed by atoms with van der Waals surface area (Å²) in [4.78, 5) is 11.4. The molecule has 2 N–H and O–H groups in total. The number of carbonyl (C=O) groups is 1. The Morgan fingerprint density at radius 1 is 0.958 bits per heavy atom. The first kappa shape index (κ1) is 23.1. The standard InChI is InChI=1S/C20H39NO3/c1-3-5-6-13-16-19(22)17-14-11-9-7-8-10-12-15-18-20(23)21(24)4-2/h11,14,19,22,24H,3-10,12-13,15-18H2,1-2H3/b14-11-/t19-/m1/s1. The zero-order valence-electron chi connectivity index (χ0n) is 15.9. The van der Waals surface area contributed by atoms with Crippen LogP contribution < -0.4 is 0 Å². The lowest BCUT2D eigenvalue weighted by atomic mass is 10.1. The normalized spacial score (nSPS) is 12.7. The number of nitrogens with zero attached hydrogens (tertiary/aromatic N) is 1. The number of hydrogen-bond donors (Lipinski definition) is 2. The van der Waals surface area contributed by atoms with Crippen molar-refractivity contribution in [3.8, 4) is 0 Å². The van der Waals surface area contributed by atoms with Crippen LogP contribution in [-0.2, 0) is 4.79 Å². The van der Waals surface area contributed by atoms with Crippen LogP contribution in [0.4, 0.5) is 0 Å². The number of aliphatic hydroxyl groups is 1. The summed E-state index contributed by atoms with van der Waals surface area (Å²) in [6.07, 6.45) is 17.6. The van der Waals surface area contributed by atoms with Gasteiger partial charge in [0.05, 0.1) is 6.10 Å². The molecule has 0 radical (unpaired) electrons. The average molecular weight is 342 g/mol. The lowest BCUT2D eigenvalue weighted by Crippen LogP contribution is -2.26. The molecular formula is C20H39NO3. The van der Waals surface area contributed by atoms with Gasteiger partial charge in [-0.3, -0.25) is 10.0 Å². The summed E-state index contributed by atoms with van der Waals surface area (Å²) >= 11 is 0. The molecule has 0 heterocycles. The second-order valence-corrected chi connectivity index (χ2v) is 6.63. The van der Waals surface area contributed by atoms with Crippen LogP contribution in [0.3, 0.4) is 0 Å². The molecule has 24 heavy (non-hydrogen) atoms. The first-order valence-electron chi connectivity index (χ1n) is 9.94. The van der Waals surface area contributed by atoms with Gasteiger partial charge in [0, 0.05) is 13.0 Å². The van der Waals surface area contributed by atoms with Crippen LogP contribution in [-0.4, -0.2) is 33.9 Å². The zero-order chi connectivity index (χ0) is 18.0. The Morgan fingerprint density at radius 2 is 1.62 bits per heavy atom. The smallest absolute Gasteiger partial charge is 0.245 e. The minimum atomic E-state index is -0.176. The number of amides is 1. The third-order valence-electron chi connectivity index (χ3n) is 4.31. The topological polar surface area (TPSA) is 60.8 Å². The van der Waals surface area contributed by atoms with E-state index in [0.29, 0.717) is 13.0 Å². The van der Waals surface area contributed by atoms with Gasteiger partial charge in [-0.05, 0) is 39.0 Å². The molecule has 142 valence electrons. The van der Waals surface area contributed by atoms with E-state index in [9.17, 15) is 15.1 Å². The number of unbranched alkanes of at least 4 members (excludes halogenated alkanes) is 8. The average Bonchev–Trinajstić information content (AvgIpc) is 2.59. The van der Waals surface area contributed by atoms with Crippen molar-refractivity contribution < 1.29 is 15.1 Å². The van der Waals surface area contributed by atoms with Crippen molar-refractivity contribution in [1.82, 2.24) is 5.06 Å². The molecule has 0 aliphatic heterocycles. The Kier molecular flexibility index (Phi) is 16.4. The molecule has 0 aromatic carbocycles. The summed E-state index contributed by atoms with van der Waals surface area (Å²) in [6, 6.07) is 0. The minimum Gasteiger partial charge on any atom is -0.393 e. The SMILES string of the molecule is CCCCCC[C@@H](O)C/C=C\CCCCCCCC(=O)N(O)CC. The molecule has 0 saturated carbocycles. The Balaban J connectivity index is 3.36. The van der Waals surface area contributed by atoms with Crippen LogP contribution in [0.1, 0.15) is 97.3 Å². The first-order valence-corrected chi connectivity index (χ1v) is 9.94. The molecule has 4 heteroatoms. The molecule has 1 amide bonds. The number of hydrogen-bond acceptors (Lipinski definition) is 3. The van der Waals surface area contributed by atoms with Gasteiger partial charge in [0.1, 0.15) is 0 Å². The maximum atomic E-state index is 11.4. The second kappa shape index (κ2) is 17.0. The predicted octanol–water partition coefficient (Wildman–Crippen LogP) is 5.23. The molecule has 0 fully saturated rings. The molecule has 0 bridgehead atoms. The summed E-state index contributed by atoms with van der Waals surface area (Å²) in [5.74, 6) is -0.173. The third kappa shape index (κ3) is 14.7. The van der Waals surface area contributed by atoms with Gasteiger partial charge in [-0.1, -0.05) is 64.0 Å². The van der Waals surface area contributed by atoms with Gasteiger partial charge in [-0.2, -0.15) is 0 Å². The largest absolute Gasteiger partial charge is 0.393 e. The van der Waals surface area contributed by atoms with Crippen molar-refractivity contribution in [2.24, 2.45) is 0 Å². The van der Waals surface area contributed by atoms with Crippen LogP contribution in [0.5, 0.6) is 0 Å². The third-order valence-corrected chi connectivity index (χ3v) is 4.31. The minimum absolute atomic E-state index is 0.173. The van der Waals surface area contributed by atoms with Gasteiger partial charge in [0.2, 0.25) is 5.91 Å². The van der Waals surface area contributed by atoms with E-state index in [4.69, 9.17) is 0 Å². The van der Waals surface area contributed by atoms with E-state index in [2.05, 4.69) is 19.1 Å². The zero-order valence-corrected chi connectivity index (χ0v) is 15.9. The summed E-state index contributed by atoms with van der Waals surface area (Å²) in [6.45, 7) is 4.32. The summed E-state index contributed by atoms with van der Waals surface area (Å²) in [5.41, 5.74) is 0. The van der Waals surface area contributed by atoms with Gasteiger partial charge < -0.3 is 5.11 Å². The molecule has 4 nitrogen and oxygen atoms in total. The molecule has 0 unspecified atom stereocenters. The van der Waals surface area contributed by atoms with E-state index in [1.165, 1.54) is 25.7 Å². The Hall–Kier alpha value is -0.870. The van der Waals surface area contributed by atoms with Crippen molar-refractivity contribution >= 4 is 5.91 Å². The molecule has 1 atom stereocenters. The van der Waals surface area contributed by atoms with Crippen LogP contribution >= 0.6 is 0 Å². The highest BCUT2D eigenvalue weighted by atomic mass is 16.5.